The predicted octanol–water partition coefficient (Wildman–Crippen LogP) is 4.93. The fourth-order valence-corrected chi connectivity index (χ4v) is 4.68. The Bertz CT molecular complexity index is 1160. The van der Waals surface area contributed by atoms with Crippen LogP contribution >= 0.6 is 0 Å². The van der Waals surface area contributed by atoms with Crippen LogP contribution in [0.3, 0.4) is 0 Å². The molecule has 0 saturated carbocycles. The van der Waals surface area contributed by atoms with Gasteiger partial charge in [0.05, 0.1) is 17.0 Å². The van der Waals surface area contributed by atoms with Gasteiger partial charge in [0, 0.05) is 25.7 Å². The van der Waals surface area contributed by atoms with E-state index in [0.29, 0.717) is 29.4 Å². The zero-order valence-electron chi connectivity index (χ0n) is 19.4. The standard InChI is InChI=1S/C26H30F2N4O/c1-17-7-6-12-31(15-17)16-21-9-5-4-8-20(21)14-29-26(33)25-18(2)30-32(19(25)3)24-11-10-22(27)13-23(24)28/h4-5,8-11,13,17H,6-7,12,14-16H2,1-3H3,(H,29,33). The van der Waals surface area contributed by atoms with E-state index < -0.39 is 11.6 Å². The summed E-state index contributed by atoms with van der Waals surface area (Å²) in [7, 11) is 0. The molecule has 1 aromatic heterocycles. The van der Waals surface area contributed by atoms with Crippen LogP contribution < -0.4 is 5.32 Å². The van der Waals surface area contributed by atoms with Crippen molar-refractivity contribution in [3.8, 4) is 5.69 Å². The molecule has 4 rings (SSSR count). The number of carbonyl (C=O) groups excluding carboxylic acids is 1. The monoisotopic (exact) mass is 452 g/mol. The first kappa shape index (κ1) is 23.1. The van der Waals surface area contributed by atoms with Gasteiger partial charge in [-0.1, -0.05) is 31.2 Å². The Morgan fingerprint density at radius 1 is 1.15 bits per heavy atom. The smallest absolute Gasteiger partial charge is 0.255 e. The minimum atomic E-state index is -0.728. The van der Waals surface area contributed by atoms with Crippen LogP contribution in [0.25, 0.3) is 5.69 Å². The zero-order chi connectivity index (χ0) is 23.5. The van der Waals surface area contributed by atoms with E-state index >= 15 is 0 Å². The van der Waals surface area contributed by atoms with Crippen LogP contribution in [0.5, 0.6) is 0 Å². The van der Waals surface area contributed by atoms with Crippen LogP contribution in [-0.2, 0) is 13.1 Å². The molecule has 0 aliphatic carbocycles. The normalized spacial score (nSPS) is 16.7. The first-order chi connectivity index (χ1) is 15.8. The Kier molecular flexibility index (Phi) is 6.88. The molecule has 33 heavy (non-hydrogen) atoms. The summed E-state index contributed by atoms with van der Waals surface area (Å²) in [4.78, 5) is 15.5. The van der Waals surface area contributed by atoms with Gasteiger partial charge < -0.3 is 5.32 Å². The molecular weight excluding hydrogens is 422 g/mol. The van der Waals surface area contributed by atoms with Crippen LogP contribution in [0.4, 0.5) is 8.78 Å². The molecule has 1 N–H and O–H groups in total. The van der Waals surface area contributed by atoms with Crippen LogP contribution in [0, 0.1) is 31.4 Å². The van der Waals surface area contributed by atoms with Gasteiger partial charge in [0.2, 0.25) is 0 Å². The molecule has 1 saturated heterocycles. The summed E-state index contributed by atoms with van der Waals surface area (Å²) in [5.74, 6) is -0.943. The lowest BCUT2D eigenvalue weighted by atomic mass is 9.99. The summed E-state index contributed by atoms with van der Waals surface area (Å²) in [6.07, 6.45) is 2.50. The molecule has 2 aromatic carbocycles. The lowest BCUT2D eigenvalue weighted by Crippen LogP contribution is -2.34. The second-order valence-corrected chi connectivity index (χ2v) is 8.99. The minimum Gasteiger partial charge on any atom is -0.348 e. The third kappa shape index (κ3) is 5.14. The van der Waals surface area contributed by atoms with Crippen molar-refractivity contribution < 1.29 is 13.6 Å². The number of hydrogen-bond acceptors (Lipinski definition) is 3. The Balaban J connectivity index is 1.49. The molecule has 174 valence electrons. The number of aromatic nitrogens is 2. The van der Waals surface area contributed by atoms with Crippen molar-refractivity contribution in [2.24, 2.45) is 5.92 Å². The van der Waals surface area contributed by atoms with Crippen LogP contribution in [-0.4, -0.2) is 33.7 Å². The maximum absolute atomic E-state index is 14.3. The van der Waals surface area contributed by atoms with Crippen LogP contribution in [0.15, 0.2) is 42.5 Å². The Morgan fingerprint density at radius 3 is 2.64 bits per heavy atom. The third-order valence-electron chi connectivity index (χ3n) is 6.35. The molecule has 7 heteroatoms. The van der Waals surface area contributed by atoms with Crippen molar-refractivity contribution in [2.45, 2.75) is 46.7 Å². The fourth-order valence-electron chi connectivity index (χ4n) is 4.68. The predicted molar refractivity (Wildman–Crippen MR) is 124 cm³/mol. The molecule has 5 nitrogen and oxygen atoms in total. The van der Waals surface area contributed by atoms with E-state index in [-0.39, 0.29) is 11.6 Å². The van der Waals surface area contributed by atoms with Gasteiger partial charge in [-0.05, 0) is 62.4 Å². The van der Waals surface area contributed by atoms with Crippen LogP contribution in [0.1, 0.15) is 52.6 Å². The molecule has 1 fully saturated rings. The number of amides is 1. The molecule has 1 amide bonds. The summed E-state index contributed by atoms with van der Waals surface area (Å²) >= 11 is 0. The van der Waals surface area contributed by atoms with Gasteiger partial charge in [-0.25, -0.2) is 13.5 Å². The maximum Gasteiger partial charge on any atom is 0.255 e. The molecule has 3 aromatic rings. The molecule has 0 radical (unpaired) electrons. The quantitative estimate of drug-likeness (QED) is 0.577. The van der Waals surface area contributed by atoms with Crippen molar-refractivity contribution in [2.75, 3.05) is 13.1 Å². The lowest BCUT2D eigenvalue weighted by molar-refractivity contribution is 0.0949. The van der Waals surface area contributed by atoms with Gasteiger partial charge in [0.1, 0.15) is 11.5 Å². The number of halogens is 2. The van der Waals surface area contributed by atoms with Gasteiger partial charge >= 0.3 is 0 Å². The van der Waals surface area contributed by atoms with Gasteiger partial charge in [-0.2, -0.15) is 5.10 Å². The highest BCUT2D eigenvalue weighted by Gasteiger charge is 2.22. The largest absolute Gasteiger partial charge is 0.348 e. The summed E-state index contributed by atoms with van der Waals surface area (Å²) in [6.45, 7) is 9.18. The third-order valence-corrected chi connectivity index (χ3v) is 6.35. The SMILES string of the molecule is Cc1nn(-c2ccc(F)cc2F)c(C)c1C(=O)NCc1ccccc1CN1CCCC(C)C1. The lowest BCUT2D eigenvalue weighted by Gasteiger charge is -2.31. The molecule has 1 aliphatic heterocycles. The summed E-state index contributed by atoms with van der Waals surface area (Å²) in [5.41, 5.74) is 3.80. The Labute approximate surface area is 193 Å². The first-order valence-corrected chi connectivity index (χ1v) is 11.4. The molecule has 1 atom stereocenters. The van der Waals surface area contributed by atoms with Gasteiger partial charge in [-0.3, -0.25) is 9.69 Å². The highest BCUT2D eigenvalue weighted by atomic mass is 19.1. The van der Waals surface area contributed by atoms with E-state index in [9.17, 15) is 13.6 Å². The topological polar surface area (TPSA) is 50.2 Å². The zero-order valence-corrected chi connectivity index (χ0v) is 19.4. The molecular formula is C26H30F2N4O. The number of hydrogen-bond donors (Lipinski definition) is 1. The molecule has 2 heterocycles. The van der Waals surface area contributed by atoms with E-state index in [1.165, 1.54) is 35.2 Å². The molecule has 0 bridgehead atoms. The molecule has 1 unspecified atom stereocenters. The number of carbonyl (C=O) groups is 1. The number of nitrogens with one attached hydrogen (secondary N) is 1. The van der Waals surface area contributed by atoms with Crippen molar-refractivity contribution in [3.63, 3.8) is 0 Å². The number of rotatable bonds is 6. The van der Waals surface area contributed by atoms with Gasteiger partial charge in [0.25, 0.3) is 5.91 Å². The number of benzene rings is 2. The van der Waals surface area contributed by atoms with Crippen molar-refractivity contribution in [3.05, 3.63) is 82.2 Å². The van der Waals surface area contributed by atoms with Gasteiger partial charge in [-0.15, -0.1) is 0 Å². The maximum atomic E-state index is 14.3. The number of likely N-dealkylation sites (tertiary alicyclic amines) is 1. The Morgan fingerprint density at radius 2 is 1.91 bits per heavy atom. The number of aryl methyl sites for hydroxylation is 1. The summed E-state index contributed by atoms with van der Waals surface area (Å²) < 4.78 is 28.9. The average Bonchev–Trinajstić information content (AvgIpc) is 3.06. The number of nitrogens with zero attached hydrogens (tertiary/aromatic N) is 3. The van der Waals surface area contributed by atoms with E-state index in [0.717, 1.165) is 31.3 Å². The van der Waals surface area contributed by atoms with Crippen molar-refractivity contribution in [1.82, 2.24) is 20.0 Å². The minimum absolute atomic E-state index is 0.108. The summed E-state index contributed by atoms with van der Waals surface area (Å²) in [6, 6.07) is 11.5. The molecule has 0 spiro atoms. The van der Waals surface area contributed by atoms with E-state index in [2.05, 4.69) is 28.3 Å². The number of piperidine rings is 1. The van der Waals surface area contributed by atoms with E-state index in [1.807, 2.05) is 18.2 Å². The highest BCUT2D eigenvalue weighted by molar-refractivity contribution is 5.96. The van der Waals surface area contributed by atoms with E-state index in [1.54, 1.807) is 13.8 Å². The summed E-state index contributed by atoms with van der Waals surface area (Å²) in [5, 5.41) is 7.34. The van der Waals surface area contributed by atoms with Gasteiger partial charge in [0.15, 0.2) is 5.82 Å². The Hall–Kier alpha value is -3.06. The highest BCUT2D eigenvalue weighted by Crippen LogP contribution is 2.22. The van der Waals surface area contributed by atoms with Crippen molar-refractivity contribution >= 4 is 5.91 Å². The second kappa shape index (κ2) is 9.83. The van der Waals surface area contributed by atoms with Crippen molar-refractivity contribution in [1.29, 1.82) is 0 Å². The fraction of sp³-hybridized carbons (Fsp3) is 0.385. The average molecular weight is 453 g/mol. The first-order valence-electron chi connectivity index (χ1n) is 11.4. The van der Waals surface area contributed by atoms with E-state index in [4.69, 9.17) is 0 Å². The second-order valence-electron chi connectivity index (χ2n) is 8.99. The van der Waals surface area contributed by atoms with Crippen LogP contribution in [0.2, 0.25) is 0 Å². The molecule has 1 aliphatic rings.